The van der Waals surface area contributed by atoms with Gasteiger partial charge in [-0.15, -0.1) is 0 Å². The summed E-state index contributed by atoms with van der Waals surface area (Å²) < 4.78 is 24.6. The largest absolute Gasteiger partial charge is 0.508 e. The average Bonchev–Trinajstić information content (AvgIpc) is 2.72. The average molecular weight is 250 g/mol. The van der Waals surface area contributed by atoms with Gasteiger partial charge in [-0.05, 0) is 12.1 Å². The molecule has 1 N–H and O–H groups in total. The van der Waals surface area contributed by atoms with Crippen LogP contribution in [0.4, 0.5) is 0 Å². The molecule has 0 aliphatic carbocycles. The van der Waals surface area contributed by atoms with Gasteiger partial charge in [-0.2, -0.15) is 5.10 Å². The van der Waals surface area contributed by atoms with Crippen molar-refractivity contribution in [2.45, 2.75) is 11.5 Å². The lowest BCUT2D eigenvalue weighted by Gasteiger charge is -2.05. The molecule has 0 spiro atoms. The highest BCUT2D eigenvalue weighted by Gasteiger charge is 2.29. The highest BCUT2D eigenvalue weighted by molar-refractivity contribution is 7.90. The first-order chi connectivity index (χ1) is 8.05. The van der Waals surface area contributed by atoms with Gasteiger partial charge in [0.25, 0.3) is 0 Å². The third-order valence-electron chi connectivity index (χ3n) is 2.76. The Hall–Kier alpha value is -1.82. The van der Waals surface area contributed by atoms with Gasteiger partial charge in [0.1, 0.15) is 5.75 Å². The van der Waals surface area contributed by atoms with E-state index < -0.39 is 9.84 Å². The Morgan fingerprint density at radius 3 is 2.88 bits per heavy atom. The van der Waals surface area contributed by atoms with Crippen LogP contribution in [-0.2, 0) is 21.3 Å². The molecule has 88 valence electrons. The van der Waals surface area contributed by atoms with E-state index in [1.54, 1.807) is 35.1 Å². The number of hydrogen-bond acceptors (Lipinski definition) is 4. The normalized spacial score (nSPS) is 16.9. The molecule has 0 fully saturated rings. The molecule has 0 saturated heterocycles. The van der Waals surface area contributed by atoms with Gasteiger partial charge < -0.3 is 5.11 Å². The van der Waals surface area contributed by atoms with Crippen LogP contribution >= 0.6 is 0 Å². The number of aromatic nitrogens is 2. The van der Waals surface area contributed by atoms with Crippen molar-refractivity contribution in [3.8, 4) is 11.4 Å². The summed E-state index contributed by atoms with van der Waals surface area (Å²) in [5, 5.41) is 13.6. The summed E-state index contributed by atoms with van der Waals surface area (Å²) >= 11 is 0. The van der Waals surface area contributed by atoms with Gasteiger partial charge in [0.05, 0.1) is 29.1 Å². The Morgan fingerprint density at radius 2 is 2.12 bits per heavy atom. The van der Waals surface area contributed by atoms with Crippen LogP contribution < -0.4 is 0 Å². The number of phenolic OH excluding ortho intramolecular Hbond substituents is 1. The molecule has 1 aromatic heterocycles. The number of benzene rings is 1. The minimum Gasteiger partial charge on any atom is -0.508 e. The number of sulfone groups is 1. The molecule has 6 heteroatoms. The quantitative estimate of drug-likeness (QED) is 0.819. The Morgan fingerprint density at radius 1 is 1.29 bits per heavy atom. The Bertz CT molecular complexity index is 688. The van der Waals surface area contributed by atoms with Crippen LogP contribution in [0.1, 0.15) is 11.3 Å². The summed E-state index contributed by atoms with van der Waals surface area (Å²) in [6.07, 6.45) is 1.57. The van der Waals surface area contributed by atoms with Crippen LogP contribution in [-0.4, -0.2) is 23.3 Å². The van der Waals surface area contributed by atoms with Crippen molar-refractivity contribution in [2.24, 2.45) is 0 Å². The van der Waals surface area contributed by atoms with Crippen LogP contribution in [0.25, 0.3) is 5.69 Å². The molecular formula is C11H10N2O3S. The number of rotatable bonds is 1. The van der Waals surface area contributed by atoms with Crippen LogP contribution in [0, 0.1) is 0 Å². The minimum absolute atomic E-state index is 0.0119. The molecule has 17 heavy (non-hydrogen) atoms. The Labute approximate surface area is 98.2 Å². The molecule has 1 aliphatic rings. The van der Waals surface area contributed by atoms with Gasteiger partial charge in [-0.3, -0.25) is 0 Å². The molecule has 1 aliphatic heterocycles. The van der Waals surface area contributed by atoms with Crippen LogP contribution in [0.2, 0.25) is 0 Å². The number of nitrogens with zero attached hydrogens (tertiary/aromatic N) is 2. The number of phenols is 1. The van der Waals surface area contributed by atoms with Crippen molar-refractivity contribution < 1.29 is 13.5 Å². The van der Waals surface area contributed by atoms with Crippen LogP contribution in [0.5, 0.6) is 5.75 Å². The van der Waals surface area contributed by atoms with Gasteiger partial charge in [-0.25, -0.2) is 13.1 Å². The van der Waals surface area contributed by atoms with Crippen LogP contribution in [0.3, 0.4) is 0 Å². The number of hydrogen-bond donors (Lipinski definition) is 1. The number of fused-ring (bicyclic) bond motifs is 1. The molecule has 0 atom stereocenters. The molecule has 0 radical (unpaired) electrons. The first kappa shape index (κ1) is 10.3. The summed E-state index contributed by atoms with van der Waals surface area (Å²) in [6.45, 7) is 0. The van der Waals surface area contributed by atoms with E-state index in [-0.39, 0.29) is 17.3 Å². The maximum absolute atomic E-state index is 11.5. The zero-order valence-corrected chi connectivity index (χ0v) is 9.68. The predicted octanol–water partition coefficient (Wildman–Crippen LogP) is 1.01. The first-order valence-electron chi connectivity index (χ1n) is 5.11. The Kier molecular flexibility index (Phi) is 2.03. The molecule has 1 aromatic carbocycles. The Balaban J connectivity index is 2.14. The SMILES string of the molecule is O=S1(=O)Cc2cnn(-c3cccc(O)c3)c2C1. The van der Waals surface area contributed by atoms with E-state index in [9.17, 15) is 13.5 Å². The molecule has 0 saturated carbocycles. The standard InChI is InChI=1S/C11H10N2O3S/c14-10-3-1-2-9(4-10)13-11-7-17(15,16)6-8(11)5-12-13/h1-5,14H,6-7H2. The van der Waals surface area contributed by atoms with Crippen molar-refractivity contribution in [2.75, 3.05) is 0 Å². The summed E-state index contributed by atoms with van der Waals surface area (Å²) in [4.78, 5) is 0. The molecular weight excluding hydrogens is 240 g/mol. The van der Waals surface area contributed by atoms with E-state index in [1.807, 2.05) is 0 Å². The second-order valence-corrected chi connectivity index (χ2v) is 6.14. The van der Waals surface area contributed by atoms with E-state index in [0.29, 0.717) is 11.4 Å². The zero-order chi connectivity index (χ0) is 12.0. The lowest BCUT2D eigenvalue weighted by Crippen LogP contribution is -2.04. The lowest BCUT2D eigenvalue weighted by molar-refractivity contribution is 0.475. The summed E-state index contributed by atoms with van der Waals surface area (Å²) in [5.41, 5.74) is 2.10. The highest BCUT2D eigenvalue weighted by Crippen LogP contribution is 2.27. The molecule has 2 heterocycles. The minimum atomic E-state index is -3.03. The second-order valence-electron chi connectivity index (χ2n) is 4.08. The van der Waals surface area contributed by atoms with Crippen molar-refractivity contribution >= 4 is 9.84 Å². The highest BCUT2D eigenvalue weighted by atomic mass is 32.2. The molecule has 5 nitrogen and oxygen atoms in total. The third-order valence-corrected chi connectivity index (χ3v) is 4.23. The third kappa shape index (κ3) is 1.70. The molecule has 2 aromatic rings. The first-order valence-corrected chi connectivity index (χ1v) is 6.93. The molecule has 3 rings (SSSR count). The topological polar surface area (TPSA) is 72.2 Å². The van der Waals surface area contributed by atoms with E-state index in [1.165, 1.54) is 0 Å². The lowest BCUT2D eigenvalue weighted by atomic mass is 10.2. The maximum Gasteiger partial charge on any atom is 0.160 e. The maximum atomic E-state index is 11.5. The van der Waals surface area contributed by atoms with Crippen LogP contribution in [0.15, 0.2) is 30.5 Å². The fourth-order valence-electron chi connectivity index (χ4n) is 2.03. The zero-order valence-electron chi connectivity index (χ0n) is 8.87. The second kappa shape index (κ2) is 3.33. The van der Waals surface area contributed by atoms with Gasteiger partial charge >= 0.3 is 0 Å². The van der Waals surface area contributed by atoms with Crippen molar-refractivity contribution in [3.05, 3.63) is 41.7 Å². The number of aromatic hydroxyl groups is 1. The fourth-order valence-corrected chi connectivity index (χ4v) is 3.57. The van der Waals surface area contributed by atoms with E-state index >= 15 is 0 Å². The van der Waals surface area contributed by atoms with Gasteiger partial charge in [-0.1, -0.05) is 6.07 Å². The molecule has 0 amide bonds. The monoisotopic (exact) mass is 250 g/mol. The van der Waals surface area contributed by atoms with Crippen molar-refractivity contribution in [3.63, 3.8) is 0 Å². The van der Waals surface area contributed by atoms with Gasteiger partial charge in [0, 0.05) is 11.6 Å². The smallest absolute Gasteiger partial charge is 0.160 e. The van der Waals surface area contributed by atoms with Gasteiger partial charge in [0.15, 0.2) is 9.84 Å². The fraction of sp³-hybridized carbons (Fsp3) is 0.182. The van der Waals surface area contributed by atoms with Crippen molar-refractivity contribution in [1.29, 1.82) is 0 Å². The predicted molar refractivity (Wildman–Crippen MR) is 61.6 cm³/mol. The van der Waals surface area contributed by atoms with E-state index in [2.05, 4.69) is 5.10 Å². The summed E-state index contributed by atoms with van der Waals surface area (Å²) in [7, 11) is -3.03. The van der Waals surface area contributed by atoms with Gasteiger partial charge in [0.2, 0.25) is 0 Å². The summed E-state index contributed by atoms with van der Waals surface area (Å²) in [5.74, 6) is 0.201. The summed E-state index contributed by atoms with van der Waals surface area (Å²) in [6, 6.07) is 6.59. The van der Waals surface area contributed by atoms with E-state index in [0.717, 1.165) is 5.56 Å². The van der Waals surface area contributed by atoms with Crippen molar-refractivity contribution in [1.82, 2.24) is 9.78 Å². The van der Waals surface area contributed by atoms with E-state index in [4.69, 9.17) is 0 Å². The molecule has 0 unspecified atom stereocenters. The molecule has 0 bridgehead atoms.